The lowest BCUT2D eigenvalue weighted by Crippen LogP contribution is -2.33. The monoisotopic (exact) mass is 276 g/mol. The van der Waals surface area contributed by atoms with Crippen LogP contribution >= 0.6 is 0 Å². The molecule has 2 aliphatic rings. The fourth-order valence-electron chi connectivity index (χ4n) is 2.92. The number of esters is 1. The van der Waals surface area contributed by atoms with Gasteiger partial charge in [0.2, 0.25) is 0 Å². The number of nitrogens with two attached hydrogens (primary N) is 1. The van der Waals surface area contributed by atoms with E-state index in [-0.39, 0.29) is 5.97 Å². The Morgan fingerprint density at radius 1 is 1.45 bits per heavy atom. The van der Waals surface area contributed by atoms with E-state index in [9.17, 15) is 4.79 Å². The predicted molar refractivity (Wildman–Crippen MR) is 79.6 cm³/mol. The van der Waals surface area contributed by atoms with Crippen LogP contribution in [0.15, 0.2) is 35.2 Å². The highest BCUT2D eigenvalue weighted by atomic mass is 16.5. The molecule has 0 radical (unpaired) electrons. The van der Waals surface area contributed by atoms with Crippen LogP contribution in [0.4, 0.5) is 0 Å². The maximum absolute atomic E-state index is 11.8. The highest BCUT2D eigenvalue weighted by Crippen LogP contribution is 2.32. The summed E-state index contributed by atoms with van der Waals surface area (Å²) in [7, 11) is 0. The van der Waals surface area contributed by atoms with E-state index in [0.717, 1.165) is 24.1 Å². The summed E-state index contributed by atoms with van der Waals surface area (Å²) in [5.74, 6) is 0.700. The SMILES string of the molecule is CCOC(=O)C1=C(C)NC(C2CC=CCC2CN)=CC1. The number of hydrogen-bond acceptors (Lipinski definition) is 4. The molecule has 0 saturated heterocycles. The van der Waals surface area contributed by atoms with Gasteiger partial charge >= 0.3 is 5.97 Å². The summed E-state index contributed by atoms with van der Waals surface area (Å²) in [6.45, 7) is 4.87. The molecule has 0 amide bonds. The Hall–Kier alpha value is -1.55. The number of allylic oxidation sites excluding steroid dienone is 5. The molecule has 2 rings (SSSR count). The molecule has 0 aromatic carbocycles. The van der Waals surface area contributed by atoms with Crippen LogP contribution in [0.1, 0.15) is 33.1 Å². The van der Waals surface area contributed by atoms with Gasteiger partial charge in [0, 0.05) is 23.7 Å². The molecule has 1 heterocycles. The number of dihydropyridines is 1. The summed E-state index contributed by atoms with van der Waals surface area (Å²) < 4.78 is 5.08. The second kappa shape index (κ2) is 6.75. The molecular weight excluding hydrogens is 252 g/mol. The van der Waals surface area contributed by atoms with Crippen LogP contribution < -0.4 is 11.1 Å². The second-order valence-electron chi connectivity index (χ2n) is 5.36. The number of hydrogen-bond donors (Lipinski definition) is 2. The first-order chi connectivity index (χ1) is 9.67. The molecule has 1 aliphatic heterocycles. The van der Waals surface area contributed by atoms with E-state index in [1.807, 2.05) is 13.8 Å². The summed E-state index contributed by atoms with van der Waals surface area (Å²) in [6.07, 6.45) is 9.25. The molecule has 0 spiro atoms. The van der Waals surface area contributed by atoms with Gasteiger partial charge in [-0.15, -0.1) is 0 Å². The van der Waals surface area contributed by atoms with E-state index >= 15 is 0 Å². The minimum Gasteiger partial charge on any atom is -0.463 e. The number of rotatable bonds is 4. The Labute approximate surface area is 120 Å². The molecular formula is C16H24N2O2. The predicted octanol–water partition coefficient (Wildman–Crippen LogP) is 2.24. The van der Waals surface area contributed by atoms with E-state index in [2.05, 4.69) is 23.5 Å². The minimum atomic E-state index is -0.216. The fraction of sp³-hybridized carbons (Fsp3) is 0.562. The smallest absolute Gasteiger partial charge is 0.336 e. The maximum atomic E-state index is 11.8. The normalized spacial score (nSPS) is 26.1. The first-order valence-corrected chi connectivity index (χ1v) is 7.36. The van der Waals surface area contributed by atoms with Crippen molar-refractivity contribution in [3.05, 3.63) is 35.2 Å². The third-order valence-corrected chi connectivity index (χ3v) is 4.10. The Bertz CT molecular complexity index is 463. The molecule has 20 heavy (non-hydrogen) atoms. The van der Waals surface area contributed by atoms with Gasteiger partial charge < -0.3 is 15.8 Å². The van der Waals surface area contributed by atoms with Crippen LogP contribution in [0.2, 0.25) is 0 Å². The molecule has 2 atom stereocenters. The topological polar surface area (TPSA) is 64.3 Å². The van der Waals surface area contributed by atoms with E-state index in [0.29, 0.717) is 31.4 Å². The molecule has 3 N–H and O–H groups in total. The molecule has 0 fully saturated rings. The summed E-state index contributed by atoms with van der Waals surface area (Å²) in [5, 5.41) is 3.39. The highest BCUT2D eigenvalue weighted by molar-refractivity contribution is 5.89. The quantitative estimate of drug-likeness (QED) is 0.610. The lowest BCUT2D eigenvalue weighted by Gasteiger charge is -2.32. The van der Waals surface area contributed by atoms with Crippen molar-refractivity contribution in [3.63, 3.8) is 0 Å². The third kappa shape index (κ3) is 3.12. The molecule has 2 unspecified atom stereocenters. The minimum absolute atomic E-state index is 0.216. The molecule has 1 aliphatic carbocycles. The van der Waals surface area contributed by atoms with Crippen molar-refractivity contribution < 1.29 is 9.53 Å². The second-order valence-corrected chi connectivity index (χ2v) is 5.36. The van der Waals surface area contributed by atoms with Crippen LogP contribution in [-0.2, 0) is 9.53 Å². The molecule has 4 heteroatoms. The van der Waals surface area contributed by atoms with Crippen molar-refractivity contribution in [1.82, 2.24) is 5.32 Å². The zero-order valence-electron chi connectivity index (χ0n) is 12.3. The van der Waals surface area contributed by atoms with Crippen molar-refractivity contribution in [2.75, 3.05) is 13.2 Å². The lowest BCUT2D eigenvalue weighted by molar-refractivity contribution is -0.138. The van der Waals surface area contributed by atoms with Crippen LogP contribution in [0.5, 0.6) is 0 Å². The first kappa shape index (κ1) is 14.9. The summed E-state index contributed by atoms with van der Waals surface area (Å²) in [6, 6.07) is 0. The van der Waals surface area contributed by atoms with Crippen molar-refractivity contribution in [3.8, 4) is 0 Å². The van der Waals surface area contributed by atoms with Crippen molar-refractivity contribution in [2.24, 2.45) is 17.6 Å². The van der Waals surface area contributed by atoms with Gasteiger partial charge in [0.25, 0.3) is 0 Å². The van der Waals surface area contributed by atoms with Crippen LogP contribution in [0.3, 0.4) is 0 Å². The van der Waals surface area contributed by atoms with Gasteiger partial charge in [0.1, 0.15) is 0 Å². The highest BCUT2D eigenvalue weighted by Gasteiger charge is 2.28. The van der Waals surface area contributed by atoms with E-state index in [4.69, 9.17) is 10.5 Å². The molecule has 0 aromatic rings. The number of carbonyl (C=O) groups excluding carboxylic acids is 1. The van der Waals surface area contributed by atoms with Gasteiger partial charge in [0.15, 0.2) is 0 Å². The van der Waals surface area contributed by atoms with Crippen molar-refractivity contribution in [1.29, 1.82) is 0 Å². The van der Waals surface area contributed by atoms with Gasteiger partial charge in [0.05, 0.1) is 12.2 Å². The van der Waals surface area contributed by atoms with Gasteiger partial charge in [-0.25, -0.2) is 4.79 Å². The van der Waals surface area contributed by atoms with Gasteiger partial charge in [-0.1, -0.05) is 18.2 Å². The van der Waals surface area contributed by atoms with Crippen molar-refractivity contribution >= 4 is 5.97 Å². The Balaban J connectivity index is 2.08. The standard InChI is InChI=1S/C16H24N2O2/c1-3-20-16(19)13-8-9-15(18-11(13)2)14-7-5-4-6-12(14)10-17/h4-5,9,12,14,18H,3,6-8,10,17H2,1-2H3. The van der Waals surface area contributed by atoms with E-state index < -0.39 is 0 Å². The Kier molecular flexibility index (Phi) is 5.01. The molecule has 0 saturated carbocycles. The van der Waals surface area contributed by atoms with Gasteiger partial charge in [-0.05, 0) is 39.2 Å². The third-order valence-electron chi connectivity index (χ3n) is 4.10. The zero-order chi connectivity index (χ0) is 14.5. The fourth-order valence-corrected chi connectivity index (χ4v) is 2.92. The van der Waals surface area contributed by atoms with Crippen LogP contribution in [0, 0.1) is 11.8 Å². The Morgan fingerprint density at radius 2 is 2.20 bits per heavy atom. The first-order valence-electron chi connectivity index (χ1n) is 7.36. The summed E-state index contributed by atoms with van der Waals surface area (Å²) in [5.41, 5.74) is 8.72. The number of nitrogens with one attached hydrogen (secondary N) is 1. The molecule has 0 aromatic heterocycles. The van der Waals surface area contributed by atoms with Gasteiger partial charge in [-0.2, -0.15) is 0 Å². The Morgan fingerprint density at radius 3 is 2.85 bits per heavy atom. The summed E-state index contributed by atoms with van der Waals surface area (Å²) >= 11 is 0. The summed E-state index contributed by atoms with van der Waals surface area (Å²) in [4.78, 5) is 11.8. The number of carbonyl (C=O) groups is 1. The van der Waals surface area contributed by atoms with Crippen LogP contribution in [-0.4, -0.2) is 19.1 Å². The molecule has 110 valence electrons. The van der Waals surface area contributed by atoms with E-state index in [1.165, 1.54) is 5.70 Å². The lowest BCUT2D eigenvalue weighted by atomic mass is 9.79. The average Bonchev–Trinajstić information content (AvgIpc) is 2.47. The van der Waals surface area contributed by atoms with Crippen molar-refractivity contribution in [2.45, 2.75) is 33.1 Å². The van der Waals surface area contributed by atoms with Gasteiger partial charge in [-0.3, -0.25) is 0 Å². The van der Waals surface area contributed by atoms with Crippen LogP contribution in [0.25, 0.3) is 0 Å². The average molecular weight is 276 g/mol. The zero-order valence-corrected chi connectivity index (χ0v) is 12.3. The molecule has 4 nitrogen and oxygen atoms in total. The van der Waals surface area contributed by atoms with E-state index in [1.54, 1.807) is 0 Å². The largest absolute Gasteiger partial charge is 0.463 e. The maximum Gasteiger partial charge on any atom is 0.336 e. The number of ether oxygens (including phenoxy) is 1. The molecule has 0 bridgehead atoms.